The highest BCUT2D eigenvalue weighted by atomic mass is 32.2. The molecular formula is C15H19FO2S. The first-order valence-electron chi connectivity index (χ1n) is 6.26. The maximum Gasteiger partial charge on any atom is 0.328 e. The summed E-state index contributed by atoms with van der Waals surface area (Å²) >= 11 is 1.79. The van der Waals surface area contributed by atoms with Gasteiger partial charge >= 0.3 is 5.97 Å². The number of hydrogen-bond acceptors (Lipinski definition) is 2. The highest BCUT2D eigenvalue weighted by molar-refractivity contribution is 7.98. The highest BCUT2D eigenvalue weighted by Crippen LogP contribution is 2.20. The van der Waals surface area contributed by atoms with E-state index in [9.17, 15) is 9.18 Å². The maximum atomic E-state index is 13.2. The molecule has 0 atom stereocenters. The molecular weight excluding hydrogens is 263 g/mol. The maximum absolute atomic E-state index is 13.2. The fourth-order valence-electron chi connectivity index (χ4n) is 1.51. The average Bonchev–Trinajstić information content (AvgIpc) is 2.33. The van der Waals surface area contributed by atoms with Gasteiger partial charge in [-0.1, -0.05) is 19.9 Å². The zero-order valence-corrected chi connectivity index (χ0v) is 12.0. The Morgan fingerprint density at radius 3 is 2.84 bits per heavy atom. The number of benzene rings is 1. The van der Waals surface area contributed by atoms with Crippen LogP contribution >= 0.6 is 11.8 Å². The van der Waals surface area contributed by atoms with Crippen LogP contribution in [0.1, 0.15) is 31.4 Å². The molecule has 1 rings (SSSR count). The van der Waals surface area contributed by atoms with Gasteiger partial charge in [0.05, 0.1) is 0 Å². The van der Waals surface area contributed by atoms with Gasteiger partial charge in [-0.3, -0.25) is 0 Å². The minimum atomic E-state index is -1.03. The Balaban J connectivity index is 2.68. The Hall–Kier alpha value is -1.29. The first kappa shape index (κ1) is 15.8. The third-order valence-electron chi connectivity index (χ3n) is 2.61. The molecule has 0 aliphatic carbocycles. The van der Waals surface area contributed by atoms with Crippen LogP contribution < -0.4 is 0 Å². The fourth-order valence-corrected chi connectivity index (χ4v) is 2.78. The van der Waals surface area contributed by atoms with E-state index < -0.39 is 5.97 Å². The Morgan fingerprint density at radius 2 is 2.21 bits per heavy atom. The van der Waals surface area contributed by atoms with E-state index in [-0.39, 0.29) is 5.82 Å². The molecule has 104 valence electrons. The van der Waals surface area contributed by atoms with Crippen LogP contribution in [0, 0.1) is 11.7 Å². The van der Waals surface area contributed by atoms with Gasteiger partial charge in [0.15, 0.2) is 0 Å². The minimum Gasteiger partial charge on any atom is -0.478 e. The number of rotatable bonds is 7. The lowest BCUT2D eigenvalue weighted by Gasteiger charge is -2.07. The van der Waals surface area contributed by atoms with Crippen molar-refractivity contribution in [3.05, 3.63) is 41.2 Å². The molecule has 2 nitrogen and oxygen atoms in total. The van der Waals surface area contributed by atoms with E-state index in [2.05, 4.69) is 13.8 Å². The Morgan fingerprint density at radius 1 is 1.47 bits per heavy atom. The summed E-state index contributed by atoms with van der Waals surface area (Å²) in [4.78, 5) is 10.5. The SMILES string of the molecule is CC(C)CCSCc1ccc(F)cc1/C=C/C(=O)O. The van der Waals surface area contributed by atoms with E-state index in [0.29, 0.717) is 11.5 Å². The molecule has 0 radical (unpaired) electrons. The van der Waals surface area contributed by atoms with Crippen LogP contribution in [0.5, 0.6) is 0 Å². The molecule has 0 aromatic heterocycles. The molecule has 0 bridgehead atoms. The summed E-state index contributed by atoms with van der Waals surface area (Å²) in [5.41, 5.74) is 1.60. The number of hydrogen-bond donors (Lipinski definition) is 1. The molecule has 1 aromatic rings. The number of carbonyl (C=O) groups is 1. The molecule has 0 aliphatic rings. The van der Waals surface area contributed by atoms with Crippen LogP contribution in [0.25, 0.3) is 6.08 Å². The fraction of sp³-hybridized carbons (Fsp3) is 0.400. The third-order valence-corrected chi connectivity index (χ3v) is 3.65. The van der Waals surface area contributed by atoms with Crippen LogP contribution in [-0.2, 0) is 10.5 Å². The van der Waals surface area contributed by atoms with E-state index in [1.54, 1.807) is 17.8 Å². The van der Waals surface area contributed by atoms with Crippen LogP contribution in [-0.4, -0.2) is 16.8 Å². The standard InChI is InChI=1S/C15H19FO2S/c1-11(2)7-8-19-10-13-3-5-14(16)9-12(13)4-6-15(17)18/h3-6,9,11H,7-8,10H2,1-2H3,(H,17,18)/b6-4+. The normalized spacial score (nSPS) is 11.4. The molecule has 0 fully saturated rings. The number of carboxylic acids is 1. The Bertz CT molecular complexity index is 455. The summed E-state index contributed by atoms with van der Waals surface area (Å²) in [6, 6.07) is 4.51. The Kier molecular flexibility index (Phi) is 6.64. The molecule has 1 N–H and O–H groups in total. The zero-order valence-electron chi connectivity index (χ0n) is 11.2. The van der Waals surface area contributed by atoms with E-state index in [1.807, 2.05) is 0 Å². The lowest BCUT2D eigenvalue weighted by Crippen LogP contribution is -1.93. The van der Waals surface area contributed by atoms with Crippen molar-refractivity contribution in [1.82, 2.24) is 0 Å². The third kappa shape index (κ3) is 6.43. The number of carboxylic acid groups (broad SMARTS) is 1. The van der Waals surface area contributed by atoms with Gasteiger partial charge in [0.2, 0.25) is 0 Å². The molecule has 0 saturated heterocycles. The quantitative estimate of drug-likeness (QED) is 0.601. The number of thioether (sulfide) groups is 1. The average molecular weight is 282 g/mol. The van der Waals surface area contributed by atoms with Gasteiger partial charge < -0.3 is 5.11 Å². The smallest absolute Gasteiger partial charge is 0.328 e. The lowest BCUT2D eigenvalue weighted by molar-refractivity contribution is -0.131. The minimum absolute atomic E-state index is 0.346. The molecule has 19 heavy (non-hydrogen) atoms. The second kappa shape index (κ2) is 8.00. The van der Waals surface area contributed by atoms with Crippen molar-refractivity contribution in [1.29, 1.82) is 0 Å². The topological polar surface area (TPSA) is 37.3 Å². The van der Waals surface area contributed by atoms with E-state index in [1.165, 1.54) is 18.2 Å². The van der Waals surface area contributed by atoms with Gasteiger partial charge in [0, 0.05) is 11.8 Å². The molecule has 0 spiro atoms. The second-order valence-corrected chi connectivity index (χ2v) is 5.85. The number of aliphatic carboxylic acids is 1. The van der Waals surface area contributed by atoms with Crippen molar-refractivity contribution in [3.63, 3.8) is 0 Å². The van der Waals surface area contributed by atoms with Crippen LogP contribution in [0.3, 0.4) is 0 Å². The largest absolute Gasteiger partial charge is 0.478 e. The van der Waals surface area contributed by atoms with Gasteiger partial charge in [-0.15, -0.1) is 0 Å². The predicted molar refractivity (Wildman–Crippen MR) is 78.7 cm³/mol. The molecule has 1 aromatic carbocycles. The monoisotopic (exact) mass is 282 g/mol. The first-order valence-corrected chi connectivity index (χ1v) is 7.41. The summed E-state index contributed by atoms with van der Waals surface area (Å²) in [6.07, 6.45) is 3.63. The summed E-state index contributed by atoms with van der Waals surface area (Å²) in [5, 5.41) is 8.62. The van der Waals surface area contributed by atoms with Crippen molar-refractivity contribution in [2.45, 2.75) is 26.0 Å². The highest BCUT2D eigenvalue weighted by Gasteiger charge is 2.03. The summed E-state index contributed by atoms with van der Waals surface area (Å²) < 4.78 is 13.2. The first-order chi connectivity index (χ1) is 8.99. The van der Waals surface area contributed by atoms with Crippen molar-refractivity contribution >= 4 is 23.8 Å². The summed E-state index contributed by atoms with van der Waals surface area (Å²) in [6.45, 7) is 4.36. The number of halogens is 1. The van der Waals surface area contributed by atoms with Gasteiger partial charge in [-0.25, -0.2) is 9.18 Å². The summed E-state index contributed by atoms with van der Waals surface area (Å²) in [7, 11) is 0. The van der Waals surface area contributed by atoms with Crippen molar-refractivity contribution in [3.8, 4) is 0 Å². The van der Waals surface area contributed by atoms with Gasteiger partial charge in [0.25, 0.3) is 0 Å². The van der Waals surface area contributed by atoms with Gasteiger partial charge in [-0.2, -0.15) is 11.8 Å². The molecule has 4 heteroatoms. The summed E-state index contributed by atoms with van der Waals surface area (Å²) in [5.74, 6) is 1.12. The molecule has 0 saturated carbocycles. The van der Waals surface area contributed by atoms with Crippen molar-refractivity contribution in [2.75, 3.05) is 5.75 Å². The van der Waals surface area contributed by atoms with E-state index in [4.69, 9.17) is 5.11 Å². The van der Waals surface area contributed by atoms with Gasteiger partial charge in [-0.05, 0) is 47.4 Å². The van der Waals surface area contributed by atoms with E-state index >= 15 is 0 Å². The second-order valence-electron chi connectivity index (χ2n) is 4.75. The van der Waals surface area contributed by atoms with Crippen LogP contribution in [0.15, 0.2) is 24.3 Å². The van der Waals surface area contributed by atoms with Crippen LogP contribution in [0.2, 0.25) is 0 Å². The van der Waals surface area contributed by atoms with Crippen LogP contribution in [0.4, 0.5) is 4.39 Å². The molecule has 0 amide bonds. The molecule has 0 aliphatic heterocycles. The zero-order chi connectivity index (χ0) is 14.3. The van der Waals surface area contributed by atoms with Crippen molar-refractivity contribution in [2.24, 2.45) is 5.92 Å². The van der Waals surface area contributed by atoms with Gasteiger partial charge in [0.1, 0.15) is 5.82 Å². The Labute approximate surface area is 117 Å². The van der Waals surface area contributed by atoms with Crippen molar-refractivity contribution < 1.29 is 14.3 Å². The molecule has 0 heterocycles. The predicted octanol–water partition coefficient (Wildman–Crippen LogP) is 4.20. The molecule has 0 unspecified atom stereocenters. The lowest BCUT2D eigenvalue weighted by atomic mass is 10.1. The van der Waals surface area contributed by atoms with E-state index in [0.717, 1.165) is 29.6 Å².